The molecule has 1 aromatic carbocycles. The number of rotatable bonds is 4. The van der Waals surface area contributed by atoms with Crippen LogP contribution < -0.4 is 11.1 Å². The summed E-state index contributed by atoms with van der Waals surface area (Å²) in [6.07, 6.45) is 1.61. The summed E-state index contributed by atoms with van der Waals surface area (Å²) in [5.41, 5.74) is 6.12. The Hall–Kier alpha value is -2.90. The number of nitro benzene ring substituents is 1. The van der Waals surface area contributed by atoms with Crippen molar-refractivity contribution in [3.05, 3.63) is 51.8 Å². The third-order valence-corrected chi connectivity index (χ3v) is 2.88. The van der Waals surface area contributed by atoms with Gasteiger partial charge >= 0.3 is 0 Å². The normalized spacial score (nSPS) is 10.2. The van der Waals surface area contributed by atoms with Crippen molar-refractivity contribution in [1.29, 1.82) is 0 Å². The zero-order valence-corrected chi connectivity index (χ0v) is 10.7. The van der Waals surface area contributed by atoms with Crippen molar-refractivity contribution in [2.24, 2.45) is 7.05 Å². The molecule has 20 heavy (non-hydrogen) atoms. The second-order valence-corrected chi connectivity index (χ2v) is 4.12. The highest BCUT2D eigenvalue weighted by molar-refractivity contribution is 6.00. The number of hydrogen-bond donors (Lipinski definition) is 2. The number of para-hydroxylation sites is 1. The first-order valence-corrected chi connectivity index (χ1v) is 5.78. The lowest BCUT2D eigenvalue weighted by Crippen LogP contribution is -2.25. The molecular formula is C12H13N5O3. The monoisotopic (exact) mass is 275 g/mol. The summed E-state index contributed by atoms with van der Waals surface area (Å²) in [4.78, 5) is 22.2. The molecule has 8 nitrogen and oxygen atoms in total. The quantitative estimate of drug-likeness (QED) is 0.487. The lowest BCUT2D eigenvalue weighted by atomic mass is 10.1. The van der Waals surface area contributed by atoms with Crippen LogP contribution in [0, 0.1) is 10.1 Å². The average molecular weight is 275 g/mol. The summed E-state index contributed by atoms with van der Waals surface area (Å²) in [5, 5.41) is 17.4. The van der Waals surface area contributed by atoms with E-state index >= 15 is 0 Å². The predicted molar refractivity (Wildman–Crippen MR) is 71.9 cm³/mol. The van der Waals surface area contributed by atoms with E-state index in [1.165, 1.54) is 18.2 Å². The molecule has 0 bridgehead atoms. The highest BCUT2D eigenvalue weighted by Gasteiger charge is 2.18. The number of anilines is 1. The molecule has 0 radical (unpaired) electrons. The minimum atomic E-state index is -0.618. The van der Waals surface area contributed by atoms with E-state index in [0.29, 0.717) is 0 Å². The average Bonchev–Trinajstić information content (AvgIpc) is 2.81. The molecule has 2 rings (SSSR count). The van der Waals surface area contributed by atoms with Crippen LogP contribution >= 0.6 is 0 Å². The first kappa shape index (κ1) is 13.5. The number of aromatic nitrogens is 2. The van der Waals surface area contributed by atoms with E-state index in [9.17, 15) is 14.9 Å². The summed E-state index contributed by atoms with van der Waals surface area (Å²) < 4.78 is 1.62. The maximum absolute atomic E-state index is 12.0. The fraction of sp³-hybridized carbons (Fsp3) is 0.167. The maximum atomic E-state index is 12.0. The number of carbonyl (C=O) groups is 1. The van der Waals surface area contributed by atoms with Crippen LogP contribution in [0.1, 0.15) is 16.1 Å². The Morgan fingerprint density at radius 2 is 2.25 bits per heavy atom. The van der Waals surface area contributed by atoms with Crippen LogP contribution in [0.3, 0.4) is 0 Å². The van der Waals surface area contributed by atoms with Gasteiger partial charge in [0, 0.05) is 19.3 Å². The standard InChI is InChI=1S/C12H13N5O3/c1-16-8(5-6-15-16)7-14-12(18)9-3-2-4-10(11(9)13)17(19)20/h2-6H,7,13H2,1H3,(H,14,18). The van der Waals surface area contributed by atoms with Gasteiger partial charge in [0.15, 0.2) is 0 Å². The van der Waals surface area contributed by atoms with E-state index in [1.54, 1.807) is 24.0 Å². The van der Waals surface area contributed by atoms with Gasteiger partial charge < -0.3 is 11.1 Å². The third-order valence-electron chi connectivity index (χ3n) is 2.88. The number of hydrogen-bond acceptors (Lipinski definition) is 5. The van der Waals surface area contributed by atoms with Crippen molar-refractivity contribution in [3.63, 3.8) is 0 Å². The number of nitrogens with one attached hydrogen (secondary N) is 1. The van der Waals surface area contributed by atoms with Gasteiger partial charge in [-0.15, -0.1) is 0 Å². The Balaban J connectivity index is 2.16. The molecule has 0 aliphatic rings. The molecule has 0 saturated heterocycles. The maximum Gasteiger partial charge on any atom is 0.292 e. The molecule has 104 valence electrons. The molecule has 1 heterocycles. The number of aryl methyl sites for hydroxylation is 1. The molecule has 1 aromatic heterocycles. The van der Waals surface area contributed by atoms with Crippen LogP contribution in [0.15, 0.2) is 30.5 Å². The lowest BCUT2D eigenvalue weighted by molar-refractivity contribution is -0.383. The van der Waals surface area contributed by atoms with Gasteiger partial charge in [0.2, 0.25) is 0 Å². The van der Waals surface area contributed by atoms with Gasteiger partial charge in [-0.2, -0.15) is 5.10 Å². The van der Waals surface area contributed by atoms with Gasteiger partial charge in [0.1, 0.15) is 5.69 Å². The van der Waals surface area contributed by atoms with Crippen LogP contribution in [0.2, 0.25) is 0 Å². The number of benzene rings is 1. The van der Waals surface area contributed by atoms with Crippen molar-refractivity contribution in [2.75, 3.05) is 5.73 Å². The fourth-order valence-corrected chi connectivity index (χ4v) is 1.75. The predicted octanol–water partition coefficient (Wildman–Crippen LogP) is 0.841. The Morgan fingerprint density at radius 3 is 2.85 bits per heavy atom. The number of nitrogens with two attached hydrogens (primary N) is 1. The second kappa shape index (κ2) is 5.39. The van der Waals surface area contributed by atoms with Crippen LogP contribution in [0.25, 0.3) is 0 Å². The zero-order chi connectivity index (χ0) is 14.7. The molecule has 1 amide bonds. The van der Waals surface area contributed by atoms with E-state index in [2.05, 4.69) is 10.4 Å². The Morgan fingerprint density at radius 1 is 1.50 bits per heavy atom. The van der Waals surface area contributed by atoms with Crippen molar-refractivity contribution in [1.82, 2.24) is 15.1 Å². The number of carbonyl (C=O) groups excluding carboxylic acids is 1. The van der Waals surface area contributed by atoms with Gasteiger partial charge in [-0.25, -0.2) is 0 Å². The molecule has 0 atom stereocenters. The van der Waals surface area contributed by atoms with E-state index < -0.39 is 10.8 Å². The lowest BCUT2D eigenvalue weighted by Gasteiger charge is -2.08. The highest BCUT2D eigenvalue weighted by Crippen LogP contribution is 2.24. The van der Waals surface area contributed by atoms with Crippen LogP contribution in [0.5, 0.6) is 0 Å². The molecule has 8 heteroatoms. The van der Waals surface area contributed by atoms with Crippen molar-refractivity contribution < 1.29 is 9.72 Å². The molecular weight excluding hydrogens is 262 g/mol. The SMILES string of the molecule is Cn1nccc1CNC(=O)c1cccc([N+](=O)[O-])c1N. The van der Waals surface area contributed by atoms with Crippen molar-refractivity contribution in [2.45, 2.75) is 6.54 Å². The molecule has 2 aromatic rings. The summed E-state index contributed by atoms with van der Waals surface area (Å²) in [7, 11) is 1.75. The fourth-order valence-electron chi connectivity index (χ4n) is 1.75. The molecule has 0 aliphatic heterocycles. The van der Waals surface area contributed by atoms with Crippen LogP contribution in [-0.2, 0) is 13.6 Å². The number of nitrogens with zero attached hydrogens (tertiary/aromatic N) is 3. The Kier molecular flexibility index (Phi) is 3.65. The third kappa shape index (κ3) is 2.58. The van der Waals surface area contributed by atoms with Gasteiger partial charge in [-0.3, -0.25) is 19.6 Å². The Bertz CT molecular complexity index is 665. The van der Waals surface area contributed by atoms with Gasteiger partial charge in [0.25, 0.3) is 11.6 Å². The number of amides is 1. The van der Waals surface area contributed by atoms with Gasteiger partial charge in [0.05, 0.1) is 22.7 Å². The van der Waals surface area contributed by atoms with E-state index in [-0.39, 0.29) is 23.5 Å². The van der Waals surface area contributed by atoms with E-state index in [4.69, 9.17) is 5.73 Å². The number of nitrogen functional groups attached to an aromatic ring is 1. The summed E-state index contributed by atoms with van der Waals surface area (Å²) in [5.74, 6) is -0.465. The van der Waals surface area contributed by atoms with Gasteiger partial charge in [-0.05, 0) is 12.1 Å². The van der Waals surface area contributed by atoms with Crippen molar-refractivity contribution >= 4 is 17.3 Å². The van der Waals surface area contributed by atoms with E-state index in [0.717, 1.165) is 5.69 Å². The zero-order valence-electron chi connectivity index (χ0n) is 10.7. The first-order chi connectivity index (χ1) is 9.50. The van der Waals surface area contributed by atoms with Gasteiger partial charge in [-0.1, -0.05) is 6.07 Å². The molecule has 0 aliphatic carbocycles. The second-order valence-electron chi connectivity index (χ2n) is 4.12. The first-order valence-electron chi connectivity index (χ1n) is 5.78. The number of nitro groups is 1. The highest BCUT2D eigenvalue weighted by atomic mass is 16.6. The molecule has 0 fully saturated rings. The molecule has 3 N–H and O–H groups in total. The van der Waals surface area contributed by atoms with Crippen LogP contribution in [0.4, 0.5) is 11.4 Å². The summed E-state index contributed by atoms with van der Waals surface area (Å²) in [6.45, 7) is 0.261. The van der Waals surface area contributed by atoms with Crippen LogP contribution in [-0.4, -0.2) is 20.6 Å². The summed E-state index contributed by atoms with van der Waals surface area (Å²) >= 11 is 0. The minimum Gasteiger partial charge on any atom is -0.393 e. The minimum absolute atomic E-state index is 0.0846. The smallest absolute Gasteiger partial charge is 0.292 e. The molecule has 0 unspecified atom stereocenters. The topological polar surface area (TPSA) is 116 Å². The Labute approximate surface area is 114 Å². The van der Waals surface area contributed by atoms with Crippen molar-refractivity contribution in [3.8, 4) is 0 Å². The molecule has 0 spiro atoms. The van der Waals surface area contributed by atoms with E-state index in [1.807, 2.05) is 0 Å². The molecule has 0 saturated carbocycles. The summed E-state index contributed by atoms with van der Waals surface area (Å²) in [6, 6.07) is 5.89. The largest absolute Gasteiger partial charge is 0.393 e.